The zero-order valence-electron chi connectivity index (χ0n) is 28.5. The van der Waals surface area contributed by atoms with Gasteiger partial charge in [0.2, 0.25) is 0 Å². The number of para-hydroxylation sites is 1. The molecule has 0 amide bonds. The Morgan fingerprint density at radius 1 is 0.314 bits per heavy atom. The molecule has 2 heteroatoms. The van der Waals surface area contributed by atoms with Gasteiger partial charge < -0.3 is 9.64 Å². The third-order valence-electron chi connectivity index (χ3n) is 9.42. The molecule has 0 aliphatic carbocycles. The largest absolute Gasteiger partial charge is 0.496 e. The Kier molecular flexibility index (Phi) is 8.96. The second-order valence-corrected chi connectivity index (χ2v) is 12.5. The first-order valence-electron chi connectivity index (χ1n) is 17.3. The van der Waals surface area contributed by atoms with E-state index < -0.39 is 0 Å². The molecular weight excluding hydrogens is 619 g/mol. The molecule has 0 unspecified atom stereocenters. The molecule has 8 aromatic carbocycles. The van der Waals surface area contributed by atoms with E-state index in [-0.39, 0.29) is 0 Å². The number of nitrogens with zero attached hydrogens (tertiary/aromatic N) is 1. The van der Waals surface area contributed by atoms with E-state index >= 15 is 0 Å². The Balaban J connectivity index is 1.21. The van der Waals surface area contributed by atoms with E-state index in [1.807, 2.05) is 18.2 Å². The summed E-state index contributed by atoms with van der Waals surface area (Å²) < 4.78 is 5.61. The Labute approximate surface area is 300 Å². The summed E-state index contributed by atoms with van der Waals surface area (Å²) >= 11 is 0. The van der Waals surface area contributed by atoms with Crippen molar-refractivity contribution in [1.82, 2.24) is 0 Å². The Morgan fingerprint density at radius 3 is 1.22 bits per heavy atom. The molecule has 0 aromatic heterocycles. The average molecular weight is 656 g/mol. The number of benzene rings is 8. The van der Waals surface area contributed by atoms with Crippen molar-refractivity contribution in [3.8, 4) is 61.4 Å². The standard InChI is InChI=1S/C49H37NO/c1-51-49-20-12-11-19-46(49)42-23-21-38(22-24-42)40-27-32-45(33-28-40)50(44-30-25-39(26-31-44)36-13-5-2-6-14-36)48-34-29-43(37-15-7-3-8-16-37)35-47(48)41-17-9-4-10-18-41/h2-35H,1H3. The summed E-state index contributed by atoms with van der Waals surface area (Å²) in [5, 5.41) is 0. The van der Waals surface area contributed by atoms with Gasteiger partial charge in [0.25, 0.3) is 0 Å². The third-order valence-corrected chi connectivity index (χ3v) is 9.42. The van der Waals surface area contributed by atoms with Gasteiger partial charge in [-0.1, -0.05) is 164 Å². The van der Waals surface area contributed by atoms with Crippen molar-refractivity contribution in [3.05, 3.63) is 206 Å². The molecule has 0 bridgehead atoms. The molecule has 0 saturated carbocycles. The first-order chi connectivity index (χ1) is 25.2. The number of hydrogen-bond donors (Lipinski definition) is 0. The van der Waals surface area contributed by atoms with Crippen LogP contribution in [0.15, 0.2) is 206 Å². The minimum absolute atomic E-state index is 0.873. The summed E-state index contributed by atoms with van der Waals surface area (Å²) in [6, 6.07) is 73.3. The fourth-order valence-corrected chi connectivity index (χ4v) is 6.78. The van der Waals surface area contributed by atoms with Gasteiger partial charge in [-0.15, -0.1) is 0 Å². The molecule has 0 fully saturated rings. The highest BCUT2D eigenvalue weighted by molar-refractivity contribution is 5.91. The predicted molar refractivity (Wildman–Crippen MR) is 215 cm³/mol. The van der Waals surface area contributed by atoms with Gasteiger partial charge in [0.15, 0.2) is 0 Å². The maximum absolute atomic E-state index is 5.61. The van der Waals surface area contributed by atoms with Crippen molar-refractivity contribution in [1.29, 1.82) is 0 Å². The summed E-state index contributed by atoms with van der Waals surface area (Å²) in [6.45, 7) is 0. The molecule has 8 aromatic rings. The monoisotopic (exact) mass is 655 g/mol. The number of ether oxygens (including phenoxy) is 1. The Hall–Kier alpha value is -6.64. The second kappa shape index (κ2) is 14.5. The van der Waals surface area contributed by atoms with E-state index in [1.54, 1.807) is 7.11 Å². The topological polar surface area (TPSA) is 12.5 Å². The fourth-order valence-electron chi connectivity index (χ4n) is 6.78. The van der Waals surface area contributed by atoms with Crippen LogP contribution in [0.2, 0.25) is 0 Å². The minimum atomic E-state index is 0.873. The summed E-state index contributed by atoms with van der Waals surface area (Å²) in [7, 11) is 1.72. The number of rotatable bonds is 9. The molecule has 0 heterocycles. The molecule has 2 nitrogen and oxygen atoms in total. The van der Waals surface area contributed by atoms with Gasteiger partial charge in [-0.2, -0.15) is 0 Å². The van der Waals surface area contributed by atoms with Crippen molar-refractivity contribution in [2.75, 3.05) is 12.0 Å². The van der Waals surface area contributed by atoms with E-state index in [1.165, 1.54) is 33.4 Å². The molecule has 0 N–H and O–H groups in total. The van der Waals surface area contributed by atoms with E-state index in [9.17, 15) is 0 Å². The Morgan fingerprint density at radius 2 is 0.686 bits per heavy atom. The fraction of sp³-hybridized carbons (Fsp3) is 0.0204. The van der Waals surface area contributed by atoms with E-state index in [0.29, 0.717) is 0 Å². The SMILES string of the molecule is COc1ccccc1-c1ccc(-c2ccc(N(c3ccc(-c4ccccc4)cc3)c3ccc(-c4ccccc4)cc3-c3ccccc3)cc2)cc1. The number of methoxy groups -OCH3 is 1. The molecule has 0 aliphatic heterocycles. The lowest BCUT2D eigenvalue weighted by Crippen LogP contribution is -2.11. The zero-order chi connectivity index (χ0) is 34.4. The molecule has 8 rings (SSSR count). The lowest BCUT2D eigenvalue weighted by molar-refractivity contribution is 0.416. The van der Waals surface area contributed by atoms with Gasteiger partial charge in [0.1, 0.15) is 5.75 Å². The van der Waals surface area contributed by atoms with Crippen LogP contribution in [-0.4, -0.2) is 7.11 Å². The molecule has 244 valence electrons. The van der Waals surface area contributed by atoms with Crippen LogP contribution in [0.3, 0.4) is 0 Å². The van der Waals surface area contributed by atoms with Crippen molar-refractivity contribution in [2.24, 2.45) is 0 Å². The van der Waals surface area contributed by atoms with Crippen LogP contribution in [-0.2, 0) is 0 Å². The molecule has 51 heavy (non-hydrogen) atoms. The highest BCUT2D eigenvalue weighted by Gasteiger charge is 2.19. The molecular formula is C49H37NO. The highest BCUT2D eigenvalue weighted by Crippen LogP contribution is 2.43. The van der Waals surface area contributed by atoms with Crippen LogP contribution >= 0.6 is 0 Å². The van der Waals surface area contributed by atoms with Crippen LogP contribution in [0.5, 0.6) is 5.75 Å². The van der Waals surface area contributed by atoms with Crippen molar-refractivity contribution in [2.45, 2.75) is 0 Å². The van der Waals surface area contributed by atoms with Gasteiger partial charge in [-0.05, 0) is 87.0 Å². The van der Waals surface area contributed by atoms with Crippen molar-refractivity contribution in [3.63, 3.8) is 0 Å². The molecule has 0 atom stereocenters. The van der Waals surface area contributed by atoms with Gasteiger partial charge in [0, 0.05) is 22.5 Å². The molecule has 0 spiro atoms. The zero-order valence-corrected chi connectivity index (χ0v) is 28.5. The summed E-state index contributed by atoms with van der Waals surface area (Å²) in [5.41, 5.74) is 14.9. The number of anilines is 3. The van der Waals surface area contributed by atoms with Crippen LogP contribution in [0, 0.1) is 0 Å². The first-order valence-corrected chi connectivity index (χ1v) is 17.3. The minimum Gasteiger partial charge on any atom is -0.496 e. The van der Waals surface area contributed by atoms with Crippen LogP contribution in [0.1, 0.15) is 0 Å². The van der Waals surface area contributed by atoms with Crippen molar-refractivity contribution >= 4 is 17.1 Å². The van der Waals surface area contributed by atoms with Crippen LogP contribution in [0.4, 0.5) is 17.1 Å². The lowest BCUT2D eigenvalue weighted by atomic mass is 9.96. The Bertz CT molecular complexity index is 2350. The summed E-state index contributed by atoms with van der Waals surface area (Å²) in [5.74, 6) is 0.873. The smallest absolute Gasteiger partial charge is 0.126 e. The van der Waals surface area contributed by atoms with E-state index in [2.05, 4.69) is 193 Å². The molecule has 0 aliphatic rings. The summed E-state index contributed by atoms with van der Waals surface area (Å²) in [6.07, 6.45) is 0. The number of hydrogen-bond acceptors (Lipinski definition) is 2. The average Bonchev–Trinajstić information content (AvgIpc) is 3.22. The van der Waals surface area contributed by atoms with Crippen molar-refractivity contribution < 1.29 is 4.74 Å². The third kappa shape index (κ3) is 6.68. The quantitative estimate of drug-likeness (QED) is 0.153. The van der Waals surface area contributed by atoms with Crippen LogP contribution in [0.25, 0.3) is 55.6 Å². The van der Waals surface area contributed by atoms with E-state index in [0.717, 1.165) is 45.1 Å². The van der Waals surface area contributed by atoms with Gasteiger partial charge in [-0.25, -0.2) is 0 Å². The maximum Gasteiger partial charge on any atom is 0.126 e. The van der Waals surface area contributed by atoms with E-state index in [4.69, 9.17) is 4.74 Å². The van der Waals surface area contributed by atoms with Gasteiger partial charge >= 0.3 is 0 Å². The molecule has 0 radical (unpaired) electrons. The molecule has 0 saturated heterocycles. The maximum atomic E-state index is 5.61. The van der Waals surface area contributed by atoms with Gasteiger partial charge in [0.05, 0.1) is 12.8 Å². The first kappa shape index (κ1) is 31.6. The highest BCUT2D eigenvalue weighted by atomic mass is 16.5. The summed E-state index contributed by atoms with van der Waals surface area (Å²) in [4.78, 5) is 2.38. The normalized spacial score (nSPS) is 10.8. The predicted octanol–water partition coefficient (Wildman–Crippen LogP) is 13.5. The lowest BCUT2D eigenvalue weighted by Gasteiger charge is -2.29. The van der Waals surface area contributed by atoms with Gasteiger partial charge in [-0.3, -0.25) is 0 Å². The second-order valence-electron chi connectivity index (χ2n) is 12.5. The van der Waals surface area contributed by atoms with Crippen LogP contribution < -0.4 is 9.64 Å².